The van der Waals surface area contributed by atoms with E-state index in [-0.39, 0.29) is 61.1 Å². The van der Waals surface area contributed by atoms with Gasteiger partial charge in [0.05, 0.1) is 75.1 Å². The average Bonchev–Trinajstić information content (AvgIpc) is 4.04. The Bertz CT molecular complexity index is 1450. The van der Waals surface area contributed by atoms with Gasteiger partial charge in [-0.1, -0.05) is 61.7 Å². The van der Waals surface area contributed by atoms with Gasteiger partial charge in [-0.25, -0.2) is 9.97 Å². The first-order valence-electron chi connectivity index (χ1n) is 17.8. The van der Waals surface area contributed by atoms with Gasteiger partial charge < -0.3 is 75.8 Å². The van der Waals surface area contributed by atoms with Crippen molar-refractivity contribution in [1.29, 1.82) is 0 Å². The van der Waals surface area contributed by atoms with E-state index >= 15 is 0 Å². The number of aromatic nitrogens is 10. The molecule has 16 heteroatoms. The van der Waals surface area contributed by atoms with Crippen LogP contribution in [0, 0.1) is 0 Å². The van der Waals surface area contributed by atoms with Gasteiger partial charge in [-0.05, 0) is 103 Å². The fourth-order valence-corrected chi connectivity index (χ4v) is 5.54. The molecule has 0 bridgehead atoms. The molecule has 6 heterocycles. The molecule has 0 atom stereocenters. The molecule has 0 amide bonds. The number of rotatable bonds is 12. The third-order valence-corrected chi connectivity index (χ3v) is 9.62. The van der Waals surface area contributed by atoms with Gasteiger partial charge in [0.15, 0.2) is 0 Å². The van der Waals surface area contributed by atoms with Crippen molar-refractivity contribution in [2.45, 2.75) is 55.4 Å². The fourth-order valence-electron chi connectivity index (χ4n) is 5.54. The largest absolute Gasteiger partial charge is 3.00 e. The molecule has 294 valence electrons. The summed E-state index contributed by atoms with van der Waals surface area (Å²) in [6, 6.07) is 11.2. The van der Waals surface area contributed by atoms with Gasteiger partial charge >= 0.3 is 34.1 Å². The van der Waals surface area contributed by atoms with E-state index < -0.39 is 0 Å². The molecule has 0 aliphatic carbocycles. The van der Waals surface area contributed by atoms with Crippen molar-refractivity contribution >= 4 is 27.0 Å². The molecule has 6 rings (SSSR count). The molecule has 0 unspecified atom stereocenters. The first-order chi connectivity index (χ1) is 24.4. The summed E-state index contributed by atoms with van der Waals surface area (Å²) in [5.41, 5.74) is 2.92. The number of pyridine rings is 2. The van der Waals surface area contributed by atoms with Crippen LogP contribution in [0.2, 0.25) is 0 Å². The van der Waals surface area contributed by atoms with E-state index in [2.05, 4.69) is 105 Å². The molecule has 12 nitrogen and oxygen atoms in total. The number of imidazole rings is 4. The van der Waals surface area contributed by atoms with Crippen LogP contribution in [0.5, 0.6) is 0 Å². The predicted molar refractivity (Wildman–Crippen MR) is 214 cm³/mol. The molecule has 0 spiro atoms. The summed E-state index contributed by atoms with van der Waals surface area (Å²) in [6.07, 6.45) is 13.1. The number of nitrogens with zero attached hydrogens (tertiary/aromatic N) is 12. The minimum Gasteiger partial charge on any atom is -2.00 e. The van der Waals surface area contributed by atoms with E-state index in [0.29, 0.717) is 23.3 Å². The van der Waals surface area contributed by atoms with Crippen LogP contribution in [-0.2, 0) is 61.1 Å². The summed E-state index contributed by atoms with van der Waals surface area (Å²) >= 11 is 0. The summed E-state index contributed by atoms with van der Waals surface area (Å²) in [5.74, 6) is 2.48. The van der Waals surface area contributed by atoms with E-state index in [1.807, 2.05) is 36.4 Å². The summed E-state index contributed by atoms with van der Waals surface area (Å²) in [5, 5.41) is 0. The summed E-state index contributed by atoms with van der Waals surface area (Å²) in [6.45, 7) is 28.4. The van der Waals surface area contributed by atoms with Crippen LogP contribution in [0.25, 0.3) is 46.1 Å². The molecule has 0 saturated heterocycles. The molecule has 0 aliphatic rings. The van der Waals surface area contributed by atoms with Gasteiger partial charge in [-0.2, -0.15) is 0 Å². The predicted octanol–water partition coefficient (Wildman–Crippen LogP) is 6.00. The molecule has 0 N–H and O–H groups in total. The van der Waals surface area contributed by atoms with E-state index in [9.17, 15) is 0 Å². The van der Waals surface area contributed by atoms with Gasteiger partial charge in [-0.3, -0.25) is 0 Å². The van der Waals surface area contributed by atoms with Crippen molar-refractivity contribution in [2.75, 3.05) is 52.4 Å². The Kier molecular flexibility index (Phi) is 27.7. The molecule has 0 fully saturated rings. The second-order valence-electron chi connectivity index (χ2n) is 11.5. The summed E-state index contributed by atoms with van der Waals surface area (Å²) < 4.78 is 2.56. The molecule has 0 aromatic carbocycles. The molecule has 6 aromatic rings. The topological polar surface area (TPSA) is 134 Å². The summed E-state index contributed by atoms with van der Waals surface area (Å²) in [7, 11) is 0. The van der Waals surface area contributed by atoms with E-state index in [4.69, 9.17) is 0 Å². The van der Waals surface area contributed by atoms with E-state index in [0.717, 1.165) is 22.8 Å². The van der Waals surface area contributed by atoms with Gasteiger partial charge in [0.1, 0.15) is 0 Å². The Balaban J connectivity index is 0. The number of hydrogen-bond donors (Lipinski definition) is 0. The van der Waals surface area contributed by atoms with Crippen molar-refractivity contribution in [1.82, 2.24) is 49.8 Å². The minimum atomic E-state index is 0. The third kappa shape index (κ3) is 15.5. The summed E-state index contributed by atoms with van der Waals surface area (Å²) in [4.78, 5) is 41.6. The molecular weight excluding hydrogens is 800 g/mol. The van der Waals surface area contributed by atoms with Gasteiger partial charge in [0, 0.05) is 0 Å². The zero-order valence-electron chi connectivity index (χ0n) is 32.6. The van der Waals surface area contributed by atoms with Crippen LogP contribution in [0.15, 0.2) is 86.0 Å². The van der Waals surface area contributed by atoms with Crippen LogP contribution in [0.1, 0.15) is 55.4 Å². The second-order valence-corrected chi connectivity index (χ2v) is 11.5. The Hall–Kier alpha value is -3.20. The molecular formula is C38H54Fe2N12S2. The molecule has 54 heavy (non-hydrogen) atoms. The van der Waals surface area contributed by atoms with Crippen LogP contribution in [0.3, 0.4) is 0 Å². The maximum absolute atomic E-state index is 4.41. The standard InChI is InChI=1S/2C11H7N5.2C8H20N.2Fe.2S/c2*1-2-8(10-12-4-5-13-10)16-9(3-1)11-14-6-7-15-11;2*1-5-9(6-2,7-3)8-4;;;;/h2*1-7H;2*5-8H2,1-4H3;;;;/q2*-2;2*+1;2*+3;2*-2. The van der Waals surface area contributed by atoms with Gasteiger partial charge in [0.25, 0.3) is 0 Å². The Morgan fingerprint density at radius 1 is 0.389 bits per heavy atom. The van der Waals surface area contributed by atoms with E-state index in [1.54, 1.807) is 49.6 Å². The number of quaternary nitrogens is 2. The quantitative estimate of drug-likeness (QED) is 0.107. The Labute approximate surface area is 357 Å². The first kappa shape index (κ1) is 52.9. The normalized spacial score (nSPS) is 10.2. The monoisotopic (exact) mass is 854 g/mol. The van der Waals surface area contributed by atoms with Crippen molar-refractivity contribution in [3.8, 4) is 46.1 Å². The number of hydrogen-bond acceptors (Lipinski definition) is 6. The zero-order valence-corrected chi connectivity index (χ0v) is 36.5. The van der Waals surface area contributed by atoms with Crippen molar-refractivity contribution < 1.29 is 43.1 Å². The SMILES string of the molecule is CC[N+](CC)(CC)CC.CC[N+](CC)(CC)CC.[Fe+3].[Fe+3].[S-2].[S-2].c1cc(-c2ncc[n-]2)nc(-c2ncc[n-]2)c1.c1cc(-c2ncc[n-]2)nc(-c2ncc[n-]2)c1. The van der Waals surface area contributed by atoms with Crippen molar-refractivity contribution in [2.24, 2.45) is 0 Å². The molecule has 6 aromatic heterocycles. The average molecular weight is 855 g/mol. The maximum atomic E-state index is 4.41. The zero-order chi connectivity index (χ0) is 36.2. The minimum absolute atomic E-state index is 0. The van der Waals surface area contributed by atoms with Crippen LogP contribution < -0.4 is 19.9 Å². The smallest absolute Gasteiger partial charge is 2.00 e. The maximum Gasteiger partial charge on any atom is 3.00 e. The second kappa shape index (κ2) is 28.2. The van der Waals surface area contributed by atoms with Crippen molar-refractivity contribution in [3.63, 3.8) is 0 Å². The third-order valence-electron chi connectivity index (χ3n) is 9.62. The molecule has 0 saturated carbocycles. The van der Waals surface area contributed by atoms with E-state index in [1.165, 1.54) is 61.3 Å². The Morgan fingerprint density at radius 2 is 0.593 bits per heavy atom. The fraction of sp³-hybridized carbons (Fsp3) is 0.421. The van der Waals surface area contributed by atoms with Crippen LogP contribution >= 0.6 is 0 Å². The molecule has 0 aliphatic heterocycles. The molecule has 2 radical (unpaired) electrons. The Morgan fingerprint density at radius 3 is 0.722 bits per heavy atom. The van der Waals surface area contributed by atoms with Crippen LogP contribution in [-0.4, -0.2) is 91.2 Å². The van der Waals surface area contributed by atoms with Gasteiger partial charge in [-0.15, -0.1) is 0 Å². The first-order valence-corrected chi connectivity index (χ1v) is 17.8. The van der Waals surface area contributed by atoms with Crippen molar-refractivity contribution in [3.05, 3.63) is 86.0 Å². The van der Waals surface area contributed by atoms with Gasteiger partial charge in [0.2, 0.25) is 0 Å². The van der Waals surface area contributed by atoms with Crippen LogP contribution in [0.4, 0.5) is 0 Å².